The van der Waals surface area contributed by atoms with E-state index in [4.69, 9.17) is 0 Å². The van der Waals surface area contributed by atoms with Gasteiger partial charge < -0.3 is 0 Å². The number of rotatable bonds is 10. The average molecular weight is 732 g/mol. The molecule has 272 valence electrons. The highest BCUT2D eigenvalue weighted by Crippen LogP contribution is 2.47. The molecular formula is C51H49N3Si. The van der Waals surface area contributed by atoms with Crippen molar-refractivity contribution in [1.82, 2.24) is 15.0 Å². The second kappa shape index (κ2) is 16.2. The van der Waals surface area contributed by atoms with E-state index in [0.29, 0.717) is 16.6 Å². The predicted molar refractivity (Wildman–Crippen MR) is 232 cm³/mol. The highest BCUT2D eigenvalue weighted by molar-refractivity contribution is 6.90. The lowest BCUT2D eigenvalue weighted by Crippen LogP contribution is -2.43. The molecule has 0 spiro atoms. The van der Waals surface area contributed by atoms with Gasteiger partial charge in [-0.25, -0.2) is 0 Å². The Morgan fingerprint density at radius 1 is 0.364 bits per heavy atom. The third kappa shape index (κ3) is 7.33. The smallest absolute Gasteiger partial charge is 0.146 e. The molecule has 0 N–H and O–H groups in total. The molecule has 55 heavy (non-hydrogen) atoms. The van der Waals surface area contributed by atoms with Crippen LogP contribution in [0.4, 0.5) is 0 Å². The summed E-state index contributed by atoms with van der Waals surface area (Å²) in [5, 5.41) is 0. The van der Waals surface area contributed by atoms with E-state index in [-0.39, 0.29) is 0 Å². The first-order valence-corrected chi connectivity index (χ1v) is 21.6. The molecule has 7 aromatic rings. The molecule has 0 aliphatic rings. The van der Waals surface area contributed by atoms with Gasteiger partial charge in [0.1, 0.15) is 8.07 Å². The standard InChI is InChI=1S/C51H49N3Si/c1-37(2)55(38(3)4,39(5)6)36-29-40-7-15-47(16-8-40)51(48-17-9-41(10-18-48)44-23-30-52-31-24-44,49-19-11-42(12-20-49)45-25-32-53-33-26-45)50-21-13-43(14-22-50)46-27-34-54-35-28-46/h7-28,30-35,37-39H,1-6H3. The van der Waals surface area contributed by atoms with E-state index in [0.717, 1.165) is 38.9 Å². The molecule has 0 saturated heterocycles. The fraction of sp³-hybridized carbons (Fsp3) is 0.196. The number of benzene rings is 4. The van der Waals surface area contributed by atoms with E-state index < -0.39 is 13.5 Å². The largest absolute Gasteiger partial charge is 0.265 e. The van der Waals surface area contributed by atoms with E-state index in [9.17, 15) is 0 Å². The quantitative estimate of drug-likeness (QED) is 0.0799. The summed E-state index contributed by atoms with van der Waals surface area (Å²) in [5.41, 5.74) is 17.7. The van der Waals surface area contributed by atoms with Gasteiger partial charge >= 0.3 is 0 Å². The number of pyridine rings is 3. The van der Waals surface area contributed by atoms with Gasteiger partial charge in [-0.1, -0.05) is 132 Å². The molecule has 0 unspecified atom stereocenters. The summed E-state index contributed by atoms with van der Waals surface area (Å²) in [6.07, 6.45) is 11.1. The molecule has 0 amide bonds. The summed E-state index contributed by atoms with van der Waals surface area (Å²) in [5.74, 6) is 3.70. The van der Waals surface area contributed by atoms with Crippen LogP contribution in [0.5, 0.6) is 0 Å². The SMILES string of the molecule is CC(C)[Si](C#Cc1ccc(C(c2ccc(-c3ccncc3)cc2)(c2ccc(-c3ccncc3)cc2)c2ccc(-c3ccncc3)cc2)cc1)(C(C)C)C(C)C. The van der Waals surface area contributed by atoms with Crippen molar-refractivity contribution < 1.29 is 0 Å². The normalized spacial score (nSPS) is 11.8. The number of hydrogen-bond acceptors (Lipinski definition) is 3. The minimum atomic E-state index is -1.89. The molecule has 3 nitrogen and oxygen atoms in total. The molecule has 0 radical (unpaired) electrons. The zero-order valence-electron chi connectivity index (χ0n) is 32.7. The highest BCUT2D eigenvalue weighted by Gasteiger charge is 2.42. The van der Waals surface area contributed by atoms with Crippen LogP contribution in [-0.2, 0) is 5.41 Å². The van der Waals surface area contributed by atoms with Crippen molar-refractivity contribution in [3.05, 3.63) is 198 Å². The minimum Gasteiger partial charge on any atom is -0.265 e. The van der Waals surface area contributed by atoms with Crippen LogP contribution >= 0.6 is 0 Å². The van der Waals surface area contributed by atoms with E-state index in [1.54, 1.807) is 0 Å². The highest BCUT2D eigenvalue weighted by atomic mass is 28.3. The predicted octanol–water partition coefficient (Wildman–Crippen LogP) is 12.8. The van der Waals surface area contributed by atoms with Crippen LogP contribution in [0, 0.1) is 11.5 Å². The van der Waals surface area contributed by atoms with Crippen molar-refractivity contribution >= 4 is 8.07 Å². The molecule has 0 atom stereocenters. The van der Waals surface area contributed by atoms with Gasteiger partial charge in [-0.05, 0) is 121 Å². The summed E-state index contributed by atoms with van der Waals surface area (Å²) < 4.78 is 0. The van der Waals surface area contributed by atoms with Crippen LogP contribution in [0.2, 0.25) is 16.6 Å². The summed E-state index contributed by atoms with van der Waals surface area (Å²) in [7, 11) is -1.89. The minimum absolute atomic E-state index is 0.576. The van der Waals surface area contributed by atoms with Crippen LogP contribution in [0.3, 0.4) is 0 Å². The van der Waals surface area contributed by atoms with Crippen molar-refractivity contribution in [2.24, 2.45) is 0 Å². The summed E-state index contributed by atoms with van der Waals surface area (Å²) in [6, 6.07) is 48.7. The maximum atomic E-state index is 4.25. The van der Waals surface area contributed by atoms with E-state index in [1.807, 2.05) is 37.2 Å². The lowest BCUT2D eigenvalue weighted by atomic mass is 9.64. The Kier molecular flexibility index (Phi) is 11.0. The maximum Gasteiger partial charge on any atom is 0.146 e. The van der Waals surface area contributed by atoms with Crippen LogP contribution in [0.25, 0.3) is 33.4 Å². The van der Waals surface area contributed by atoms with Gasteiger partial charge in [-0.3, -0.25) is 15.0 Å². The molecule has 3 aromatic heterocycles. The van der Waals surface area contributed by atoms with Crippen molar-refractivity contribution in [3.63, 3.8) is 0 Å². The molecule has 0 aliphatic heterocycles. The Labute approximate surface area is 328 Å². The Morgan fingerprint density at radius 3 is 0.891 bits per heavy atom. The van der Waals surface area contributed by atoms with Crippen LogP contribution in [0.1, 0.15) is 69.4 Å². The molecule has 0 aliphatic carbocycles. The maximum absolute atomic E-state index is 4.25. The first kappa shape index (κ1) is 37.4. The van der Waals surface area contributed by atoms with Crippen molar-refractivity contribution in [1.29, 1.82) is 0 Å². The number of hydrogen-bond donors (Lipinski definition) is 0. The molecule has 0 bridgehead atoms. The summed E-state index contributed by atoms with van der Waals surface area (Å²) in [6.45, 7) is 14.2. The van der Waals surface area contributed by atoms with Crippen LogP contribution in [0.15, 0.2) is 171 Å². The van der Waals surface area contributed by atoms with E-state index >= 15 is 0 Å². The van der Waals surface area contributed by atoms with Gasteiger partial charge in [0.05, 0.1) is 5.41 Å². The van der Waals surface area contributed by atoms with E-state index in [1.165, 1.54) is 22.3 Å². The van der Waals surface area contributed by atoms with Crippen LogP contribution < -0.4 is 0 Å². The zero-order chi connectivity index (χ0) is 38.4. The third-order valence-corrected chi connectivity index (χ3v) is 17.9. The van der Waals surface area contributed by atoms with E-state index in [2.05, 4.69) is 201 Å². The zero-order valence-corrected chi connectivity index (χ0v) is 33.7. The Bertz CT molecular complexity index is 2140. The molecule has 3 heterocycles. The lowest BCUT2D eigenvalue weighted by molar-refractivity contribution is 0.745. The van der Waals surface area contributed by atoms with Crippen molar-refractivity contribution in [2.75, 3.05) is 0 Å². The summed E-state index contributed by atoms with van der Waals surface area (Å²) >= 11 is 0. The molecule has 0 fully saturated rings. The fourth-order valence-corrected chi connectivity index (χ4v) is 14.0. The van der Waals surface area contributed by atoms with Gasteiger partial charge in [-0.15, -0.1) is 5.54 Å². The molecular weight excluding hydrogens is 683 g/mol. The summed E-state index contributed by atoms with van der Waals surface area (Å²) in [4.78, 5) is 12.7. The molecule has 0 saturated carbocycles. The Morgan fingerprint density at radius 2 is 0.618 bits per heavy atom. The van der Waals surface area contributed by atoms with Crippen molar-refractivity contribution in [3.8, 4) is 44.8 Å². The molecule has 7 rings (SSSR count). The third-order valence-electron chi connectivity index (χ3n) is 11.6. The Hall–Kier alpha value is -5.89. The van der Waals surface area contributed by atoms with Crippen LogP contribution in [-0.4, -0.2) is 23.0 Å². The van der Waals surface area contributed by atoms with Gasteiger partial charge in [-0.2, -0.15) is 0 Å². The van der Waals surface area contributed by atoms with Crippen molar-refractivity contribution in [2.45, 2.75) is 63.6 Å². The second-order valence-corrected chi connectivity index (χ2v) is 21.0. The van der Waals surface area contributed by atoms with Gasteiger partial charge in [0, 0.05) is 42.7 Å². The topological polar surface area (TPSA) is 38.7 Å². The monoisotopic (exact) mass is 731 g/mol. The van der Waals surface area contributed by atoms with Gasteiger partial charge in [0.15, 0.2) is 0 Å². The second-order valence-electron chi connectivity index (χ2n) is 15.4. The Balaban J connectivity index is 1.44. The molecule has 4 aromatic carbocycles. The average Bonchev–Trinajstić information content (AvgIpc) is 3.23. The lowest BCUT2D eigenvalue weighted by Gasteiger charge is -2.38. The van der Waals surface area contributed by atoms with Gasteiger partial charge in [0.25, 0.3) is 0 Å². The number of nitrogens with zero attached hydrogens (tertiary/aromatic N) is 3. The molecule has 4 heteroatoms. The number of aromatic nitrogens is 3. The van der Waals surface area contributed by atoms with Gasteiger partial charge in [0.2, 0.25) is 0 Å². The fourth-order valence-electron chi connectivity index (χ4n) is 8.79. The first-order chi connectivity index (χ1) is 26.7. The first-order valence-electron chi connectivity index (χ1n) is 19.4.